The predicted octanol–water partition coefficient (Wildman–Crippen LogP) is 7.40. The van der Waals surface area contributed by atoms with Gasteiger partial charge in [-0.1, -0.05) is 29.8 Å². The van der Waals surface area contributed by atoms with Crippen molar-refractivity contribution in [2.45, 2.75) is 19.7 Å². The summed E-state index contributed by atoms with van der Waals surface area (Å²) in [5.74, 6) is -0.837. The van der Waals surface area contributed by atoms with Gasteiger partial charge >= 0.3 is 12.1 Å². The highest BCUT2D eigenvalue weighted by Gasteiger charge is 2.32. The minimum atomic E-state index is -4.54. The van der Waals surface area contributed by atoms with E-state index >= 15 is 0 Å². The van der Waals surface area contributed by atoms with Crippen LogP contribution in [0.25, 0.3) is 16.9 Å². The van der Waals surface area contributed by atoms with E-state index < -0.39 is 17.7 Å². The summed E-state index contributed by atoms with van der Waals surface area (Å²) in [5.41, 5.74) is 1.97. The molecule has 0 atom stereocenters. The molecule has 0 bridgehead atoms. The Kier molecular flexibility index (Phi) is 6.39. The lowest BCUT2D eigenvalue weighted by atomic mass is 10.1. The van der Waals surface area contributed by atoms with Crippen molar-refractivity contribution in [2.75, 3.05) is 0 Å². The fraction of sp³-hybridized carbons (Fsp3) is 0.115. The molecule has 3 aromatic carbocycles. The van der Waals surface area contributed by atoms with Crippen LogP contribution in [-0.4, -0.2) is 15.6 Å². The van der Waals surface area contributed by atoms with Gasteiger partial charge in [-0.25, -0.2) is 4.79 Å². The van der Waals surface area contributed by atoms with Crippen LogP contribution in [0.15, 0.2) is 78.9 Å². The molecule has 174 valence electrons. The van der Waals surface area contributed by atoms with Crippen LogP contribution in [0.5, 0.6) is 5.75 Å². The molecule has 4 nitrogen and oxygen atoms in total. The Morgan fingerprint density at radius 2 is 1.74 bits per heavy atom. The van der Waals surface area contributed by atoms with E-state index in [9.17, 15) is 23.1 Å². The lowest BCUT2D eigenvalue weighted by molar-refractivity contribution is -0.137. The summed E-state index contributed by atoms with van der Waals surface area (Å²) in [7, 11) is 0. The SMILES string of the molecule is Cc1ccc(-c2cc(C(F)(F)F)ccc2OCc2ccc(Cl)cc2)n1-c1cccc(C(=O)O)c1. The summed E-state index contributed by atoms with van der Waals surface area (Å²) in [4.78, 5) is 11.5. The average molecular weight is 486 g/mol. The van der Waals surface area contributed by atoms with Gasteiger partial charge in [0, 0.05) is 22.0 Å². The smallest absolute Gasteiger partial charge is 0.416 e. The lowest BCUT2D eigenvalue weighted by Gasteiger charge is -2.18. The number of ether oxygens (including phenoxy) is 1. The molecule has 1 N–H and O–H groups in total. The minimum Gasteiger partial charge on any atom is -0.488 e. The third-order valence-electron chi connectivity index (χ3n) is 5.32. The van der Waals surface area contributed by atoms with Gasteiger partial charge in [0.1, 0.15) is 12.4 Å². The number of rotatable bonds is 6. The number of benzene rings is 3. The topological polar surface area (TPSA) is 51.5 Å². The third-order valence-corrected chi connectivity index (χ3v) is 5.57. The number of carbonyl (C=O) groups is 1. The first-order valence-corrected chi connectivity index (χ1v) is 10.6. The maximum atomic E-state index is 13.5. The average Bonchev–Trinajstić information content (AvgIpc) is 3.19. The number of aromatic carboxylic acids is 1. The number of alkyl halides is 3. The summed E-state index contributed by atoms with van der Waals surface area (Å²) >= 11 is 5.92. The second-order valence-corrected chi connectivity index (χ2v) is 8.11. The van der Waals surface area contributed by atoms with Crippen molar-refractivity contribution in [2.24, 2.45) is 0 Å². The molecule has 0 aliphatic heterocycles. The zero-order valence-electron chi connectivity index (χ0n) is 17.9. The monoisotopic (exact) mass is 485 g/mol. The molecule has 1 heterocycles. The van der Waals surface area contributed by atoms with Gasteiger partial charge in [0.25, 0.3) is 0 Å². The minimum absolute atomic E-state index is 0.0693. The van der Waals surface area contributed by atoms with Gasteiger partial charge in [-0.3, -0.25) is 0 Å². The zero-order valence-corrected chi connectivity index (χ0v) is 18.7. The van der Waals surface area contributed by atoms with E-state index in [2.05, 4.69) is 0 Å². The number of nitrogens with zero attached hydrogens (tertiary/aromatic N) is 1. The van der Waals surface area contributed by atoms with E-state index in [1.807, 2.05) is 0 Å². The van der Waals surface area contributed by atoms with Crippen LogP contribution in [-0.2, 0) is 12.8 Å². The number of carboxylic acids is 1. The van der Waals surface area contributed by atoms with Crippen LogP contribution in [0, 0.1) is 6.92 Å². The number of aryl methyl sites for hydroxylation is 1. The van der Waals surface area contributed by atoms with Crippen molar-refractivity contribution >= 4 is 17.6 Å². The van der Waals surface area contributed by atoms with E-state index in [1.165, 1.54) is 18.2 Å². The first-order valence-electron chi connectivity index (χ1n) is 10.2. The molecular formula is C26H19ClF3NO3. The van der Waals surface area contributed by atoms with Crippen LogP contribution >= 0.6 is 11.6 Å². The highest BCUT2D eigenvalue weighted by atomic mass is 35.5. The van der Waals surface area contributed by atoms with Crippen LogP contribution in [0.1, 0.15) is 27.2 Å². The molecule has 1 aromatic heterocycles. The highest BCUT2D eigenvalue weighted by Crippen LogP contribution is 2.39. The molecule has 8 heteroatoms. The lowest BCUT2D eigenvalue weighted by Crippen LogP contribution is -2.07. The van der Waals surface area contributed by atoms with Crippen molar-refractivity contribution in [1.82, 2.24) is 4.57 Å². The third kappa shape index (κ3) is 4.94. The van der Waals surface area contributed by atoms with Crippen molar-refractivity contribution in [3.8, 4) is 22.7 Å². The van der Waals surface area contributed by atoms with Crippen molar-refractivity contribution in [3.05, 3.63) is 106 Å². The molecule has 34 heavy (non-hydrogen) atoms. The van der Waals surface area contributed by atoms with Gasteiger partial charge in [0.2, 0.25) is 0 Å². The molecule has 0 amide bonds. The molecule has 0 fully saturated rings. The summed E-state index contributed by atoms with van der Waals surface area (Å²) in [5, 5.41) is 9.93. The molecule has 0 saturated heterocycles. The Balaban J connectivity index is 1.82. The second-order valence-electron chi connectivity index (χ2n) is 7.67. The summed E-state index contributed by atoms with van der Waals surface area (Å²) in [6, 6.07) is 19.9. The molecular weight excluding hydrogens is 467 g/mol. The van der Waals surface area contributed by atoms with Crippen molar-refractivity contribution in [3.63, 3.8) is 0 Å². The van der Waals surface area contributed by atoms with Crippen molar-refractivity contribution < 1.29 is 27.8 Å². The van der Waals surface area contributed by atoms with E-state index in [-0.39, 0.29) is 23.5 Å². The summed E-state index contributed by atoms with van der Waals surface area (Å²) in [6.45, 7) is 1.92. The first-order chi connectivity index (χ1) is 16.1. The van der Waals surface area contributed by atoms with Crippen LogP contribution in [0.3, 0.4) is 0 Å². The van der Waals surface area contributed by atoms with E-state index in [4.69, 9.17) is 16.3 Å². The number of carboxylic acid groups (broad SMARTS) is 1. The number of halogens is 4. The molecule has 0 saturated carbocycles. The molecule has 0 aliphatic carbocycles. The molecule has 4 rings (SSSR count). The predicted molar refractivity (Wildman–Crippen MR) is 124 cm³/mol. The molecule has 0 unspecified atom stereocenters. The molecule has 0 aliphatic rings. The molecule has 0 radical (unpaired) electrons. The van der Waals surface area contributed by atoms with Crippen molar-refractivity contribution in [1.29, 1.82) is 0 Å². The Bertz CT molecular complexity index is 1340. The Morgan fingerprint density at radius 1 is 1.00 bits per heavy atom. The van der Waals surface area contributed by atoms with E-state index in [0.29, 0.717) is 16.4 Å². The van der Waals surface area contributed by atoms with Gasteiger partial charge in [0.15, 0.2) is 0 Å². The molecule has 0 spiro atoms. The Hall–Kier alpha value is -3.71. The van der Waals surface area contributed by atoms with E-state index in [1.54, 1.807) is 60.0 Å². The Morgan fingerprint density at radius 3 is 2.41 bits per heavy atom. The fourth-order valence-corrected chi connectivity index (χ4v) is 3.77. The summed E-state index contributed by atoms with van der Waals surface area (Å²) in [6.07, 6.45) is -4.54. The first kappa shape index (κ1) is 23.4. The highest BCUT2D eigenvalue weighted by molar-refractivity contribution is 6.30. The van der Waals surface area contributed by atoms with E-state index in [0.717, 1.165) is 23.4 Å². The Labute approximate surface area is 198 Å². The number of hydrogen-bond donors (Lipinski definition) is 1. The zero-order chi connectivity index (χ0) is 24.5. The standard InChI is InChI=1S/C26H19ClF3NO3/c1-16-5-11-23(31(16)21-4-2-3-18(13-21)25(32)33)22-14-19(26(28,29)30)8-12-24(22)34-15-17-6-9-20(27)10-7-17/h2-14H,15H2,1H3,(H,32,33). The van der Waals surface area contributed by atoms with Crippen LogP contribution in [0.4, 0.5) is 13.2 Å². The quantitative estimate of drug-likeness (QED) is 0.309. The summed E-state index contributed by atoms with van der Waals surface area (Å²) < 4.78 is 48.3. The van der Waals surface area contributed by atoms with Crippen LogP contribution in [0.2, 0.25) is 5.02 Å². The van der Waals surface area contributed by atoms with Gasteiger partial charge in [-0.15, -0.1) is 0 Å². The normalized spacial score (nSPS) is 11.4. The van der Waals surface area contributed by atoms with Gasteiger partial charge in [0.05, 0.1) is 16.8 Å². The molecule has 4 aromatic rings. The maximum Gasteiger partial charge on any atom is 0.416 e. The fourth-order valence-electron chi connectivity index (χ4n) is 3.64. The number of hydrogen-bond acceptors (Lipinski definition) is 2. The number of aromatic nitrogens is 1. The van der Waals surface area contributed by atoms with Gasteiger partial charge in [-0.2, -0.15) is 13.2 Å². The second kappa shape index (κ2) is 9.27. The van der Waals surface area contributed by atoms with Gasteiger partial charge < -0.3 is 14.4 Å². The largest absolute Gasteiger partial charge is 0.488 e. The maximum absolute atomic E-state index is 13.5. The van der Waals surface area contributed by atoms with Gasteiger partial charge in [-0.05, 0) is 73.2 Å². The van der Waals surface area contributed by atoms with Crippen LogP contribution < -0.4 is 4.74 Å².